The lowest BCUT2D eigenvalue weighted by Gasteiger charge is -2.16. The van der Waals surface area contributed by atoms with E-state index in [1.807, 2.05) is 0 Å². The minimum Gasteiger partial charge on any atom is -0.481 e. The van der Waals surface area contributed by atoms with Crippen LogP contribution < -0.4 is 21.3 Å². The Morgan fingerprint density at radius 2 is 1.91 bits per heavy atom. The molecule has 0 aliphatic rings. The Morgan fingerprint density at radius 1 is 1.22 bits per heavy atom. The number of hydrogen-bond donors (Lipinski definition) is 1. The molecular formula is C15H16ClN3O4. The van der Waals surface area contributed by atoms with Gasteiger partial charge < -0.3 is 10.1 Å². The summed E-state index contributed by atoms with van der Waals surface area (Å²) < 4.78 is 7.60. The highest BCUT2D eigenvalue weighted by atomic mass is 35.5. The number of anilines is 1. The lowest BCUT2D eigenvalue weighted by Crippen LogP contribution is -2.39. The fourth-order valence-electron chi connectivity index (χ4n) is 1.88. The van der Waals surface area contributed by atoms with Crippen LogP contribution in [0.25, 0.3) is 0 Å². The Balaban J connectivity index is 2.16. The van der Waals surface area contributed by atoms with Gasteiger partial charge in [0, 0.05) is 25.2 Å². The average Bonchev–Trinajstić information content (AvgIpc) is 2.50. The van der Waals surface area contributed by atoms with Gasteiger partial charge in [-0.1, -0.05) is 17.7 Å². The molecule has 8 heteroatoms. The smallest absolute Gasteiger partial charge is 0.332 e. The van der Waals surface area contributed by atoms with Crippen molar-refractivity contribution in [3.63, 3.8) is 0 Å². The number of carbonyl (C=O) groups is 1. The van der Waals surface area contributed by atoms with Crippen molar-refractivity contribution in [3.05, 3.63) is 56.2 Å². The normalized spacial score (nSPS) is 11.8. The van der Waals surface area contributed by atoms with E-state index in [0.29, 0.717) is 10.8 Å². The molecule has 1 heterocycles. The second-order valence-electron chi connectivity index (χ2n) is 4.98. The second kappa shape index (κ2) is 6.70. The van der Waals surface area contributed by atoms with Crippen molar-refractivity contribution < 1.29 is 9.53 Å². The Morgan fingerprint density at radius 3 is 2.57 bits per heavy atom. The lowest BCUT2D eigenvalue weighted by molar-refractivity contribution is -0.122. The van der Waals surface area contributed by atoms with Crippen molar-refractivity contribution >= 4 is 23.3 Å². The fraction of sp³-hybridized carbons (Fsp3) is 0.267. The first kappa shape index (κ1) is 16.8. The Labute approximate surface area is 137 Å². The largest absolute Gasteiger partial charge is 0.481 e. The van der Waals surface area contributed by atoms with Crippen LogP contribution in [0.3, 0.4) is 0 Å². The number of nitrogens with one attached hydrogen (secondary N) is 1. The van der Waals surface area contributed by atoms with E-state index < -0.39 is 23.3 Å². The summed E-state index contributed by atoms with van der Waals surface area (Å²) in [5.41, 5.74) is -1.04. The molecule has 0 unspecified atom stereocenters. The maximum atomic E-state index is 12.2. The number of nitrogens with zero attached hydrogens (tertiary/aromatic N) is 2. The molecule has 0 saturated heterocycles. The van der Waals surface area contributed by atoms with Crippen molar-refractivity contribution in [2.75, 3.05) is 5.32 Å². The summed E-state index contributed by atoms with van der Waals surface area (Å²) in [5.74, 6) is 0.0517. The molecule has 1 amide bonds. The van der Waals surface area contributed by atoms with Crippen molar-refractivity contribution in [2.45, 2.75) is 13.0 Å². The summed E-state index contributed by atoms with van der Waals surface area (Å²) >= 11 is 5.85. The maximum absolute atomic E-state index is 12.2. The fourth-order valence-corrected chi connectivity index (χ4v) is 2.06. The van der Waals surface area contributed by atoms with Gasteiger partial charge in [-0.2, -0.15) is 0 Å². The molecule has 0 radical (unpaired) electrons. The van der Waals surface area contributed by atoms with Gasteiger partial charge in [-0.25, -0.2) is 4.79 Å². The summed E-state index contributed by atoms with van der Waals surface area (Å²) in [7, 11) is 2.82. The number of aromatic nitrogens is 2. The molecule has 7 nitrogen and oxygen atoms in total. The van der Waals surface area contributed by atoms with Crippen molar-refractivity contribution in [1.82, 2.24) is 9.13 Å². The number of amides is 1. The van der Waals surface area contributed by atoms with E-state index in [9.17, 15) is 14.4 Å². The number of benzene rings is 1. The zero-order chi connectivity index (χ0) is 17.1. The van der Waals surface area contributed by atoms with Crippen LogP contribution in [0, 0.1) is 0 Å². The van der Waals surface area contributed by atoms with E-state index in [1.54, 1.807) is 31.2 Å². The molecule has 2 aromatic rings. The highest BCUT2D eigenvalue weighted by molar-refractivity contribution is 6.30. The van der Waals surface area contributed by atoms with E-state index in [4.69, 9.17) is 16.3 Å². The van der Waals surface area contributed by atoms with Gasteiger partial charge in [0.1, 0.15) is 11.6 Å². The van der Waals surface area contributed by atoms with Gasteiger partial charge in [0.25, 0.3) is 11.5 Å². The first-order valence-electron chi connectivity index (χ1n) is 6.79. The Kier molecular flexibility index (Phi) is 4.90. The van der Waals surface area contributed by atoms with E-state index in [-0.39, 0.29) is 5.82 Å². The van der Waals surface area contributed by atoms with E-state index >= 15 is 0 Å². The molecule has 1 aromatic carbocycles. The number of carbonyl (C=O) groups excluding carboxylic acids is 1. The zero-order valence-corrected chi connectivity index (χ0v) is 13.6. The molecule has 1 aromatic heterocycles. The molecular weight excluding hydrogens is 322 g/mol. The van der Waals surface area contributed by atoms with Gasteiger partial charge in [-0.15, -0.1) is 0 Å². The van der Waals surface area contributed by atoms with E-state index in [0.717, 1.165) is 4.57 Å². The van der Waals surface area contributed by atoms with Gasteiger partial charge in [0.15, 0.2) is 6.10 Å². The van der Waals surface area contributed by atoms with Gasteiger partial charge >= 0.3 is 5.69 Å². The summed E-state index contributed by atoms with van der Waals surface area (Å²) in [4.78, 5) is 35.6. The van der Waals surface area contributed by atoms with Crippen LogP contribution in [0.15, 0.2) is 39.9 Å². The van der Waals surface area contributed by atoms with Crippen LogP contribution in [-0.4, -0.2) is 21.1 Å². The molecule has 0 bridgehead atoms. The maximum Gasteiger partial charge on any atom is 0.332 e. The van der Waals surface area contributed by atoms with Gasteiger partial charge in [-0.3, -0.25) is 18.7 Å². The number of halogens is 1. The predicted molar refractivity (Wildman–Crippen MR) is 87.1 cm³/mol. The average molecular weight is 338 g/mol. The van der Waals surface area contributed by atoms with E-state index in [1.165, 1.54) is 24.7 Å². The van der Waals surface area contributed by atoms with Crippen molar-refractivity contribution in [1.29, 1.82) is 0 Å². The van der Waals surface area contributed by atoms with Crippen LogP contribution in [-0.2, 0) is 18.9 Å². The monoisotopic (exact) mass is 337 g/mol. The number of rotatable bonds is 4. The highest BCUT2D eigenvalue weighted by Gasteiger charge is 2.17. The molecule has 0 fully saturated rings. The van der Waals surface area contributed by atoms with Crippen LogP contribution in [0.2, 0.25) is 5.02 Å². The minimum absolute atomic E-state index is 0.102. The van der Waals surface area contributed by atoms with E-state index in [2.05, 4.69) is 5.32 Å². The molecule has 0 spiro atoms. The number of ether oxygens (including phenoxy) is 1. The first-order chi connectivity index (χ1) is 10.8. The Hall–Kier alpha value is -2.54. The highest BCUT2D eigenvalue weighted by Crippen LogP contribution is 2.18. The molecule has 1 N–H and O–H groups in total. The summed E-state index contributed by atoms with van der Waals surface area (Å²) in [6.07, 6.45) is -0.840. The third-order valence-corrected chi connectivity index (χ3v) is 3.49. The topological polar surface area (TPSA) is 82.3 Å². The standard InChI is InChI=1S/C15H16ClN3O4/c1-9(23-11-6-4-5-10(16)7-11)14(21)17-12-8-13(20)19(3)15(22)18(12)2/h4-9H,1-3H3,(H,17,21)/t9-/m1/s1. The molecule has 23 heavy (non-hydrogen) atoms. The summed E-state index contributed by atoms with van der Waals surface area (Å²) in [6.45, 7) is 1.55. The third kappa shape index (κ3) is 3.81. The van der Waals surface area contributed by atoms with Gasteiger partial charge in [-0.05, 0) is 25.1 Å². The first-order valence-corrected chi connectivity index (χ1v) is 7.17. The van der Waals surface area contributed by atoms with Crippen LogP contribution >= 0.6 is 11.6 Å². The third-order valence-electron chi connectivity index (χ3n) is 3.26. The lowest BCUT2D eigenvalue weighted by atomic mass is 10.3. The van der Waals surface area contributed by atoms with Crippen LogP contribution in [0.5, 0.6) is 5.75 Å². The Bertz CT molecular complexity index is 857. The zero-order valence-electron chi connectivity index (χ0n) is 12.9. The number of hydrogen-bond acceptors (Lipinski definition) is 4. The van der Waals surface area contributed by atoms with Crippen LogP contribution in [0.1, 0.15) is 6.92 Å². The molecule has 1 atom stereocenters. The summed E-state index contributed by atoms with van der Waals surface area (Å²) in [5, 5.41) is 3.00. The quantitative estimate of drug-likeness (QED) is 0.907. The van der Waals surface area contributed by atoms with Crippen LogP contribution in [0.4, 0.5) is 5.82 Å². The molecule has 0 aliphatic heterocycles. The molecule has 2 rings (SSSR count). The van der Waals surface area contributed by atoms with Crippen molar-refractivity contribution in [2.24, 2.45) is 14.1 Å². The second-order valence-corrected chi connectivity index (χ2v) is 5.41. The molecule has 0 aliphatic carbocycles. The minimum atomic E-state index is -0.840. The summed E-state index contributed by atoms with van der Waals surface area (Å²) in [6, 6.07) is 7.82. The van der Waals surface area contributed by atoms with Gasteiger partial charge in [0.2, 0.25) is 0 Å². The predicted octanol–water partition coefficient (Wildman–Crippen LogP) is 1.14. The SMILES string of the molecule is C[C@@H](Oc1cccc(Cl)c1)C(=O)Nc1cc(=O)n(C)c(=O)n1C. The van der Waals surface area contributed by atoms with Crippen molar-refractivity contribution in [3.8, 4) is 5.75 Å². The molecule has 0 saturated carbocycles. The van der Waals surface area contributed by atoms with Gasteiger partial charge in [0.05, 0.1) is 0 Å². The molecule has 122 valence electrons.